The normalized spacial score (nSPS) is 16.5. The molecule has 0 bridgehead atoms. The lowest BCUT2D eigenvalue weighted by Gasteiger charge is -2.32. The van der Waals surface area contributed by atoms with Crippen LogP contribution >= 0.6 is 22.9 Å². The van der Waals surface area contributed by atoms with Gasteiger partial charge in [-0.3, -0.25) is 14.2 Å². The number of hydrogen-bond acceptors (Lipinski definition) is 8. The summed E-state index contributed by atoms with van der Waals surface area (Å²) in [4.78, 5) is 47.4. The van der Waals surface area contributed by atoms with Crippen LogP contribution < -0.4 is 15.9 Å². The third-order valence-corrected chi connectivity index (χ3v) is 10.1. The molecule has 9 nitrogen and oxygen atoms in total. The van der Waals surface area contributed by atoms with Crippen molar-refractivity contribution in [1.82, 2.24) is 19.0 Å². The predicted octanol–water partition coefficient (Wildman–Crippen LogP) is 4.91. The molecule has 0 radical (unpaired) electrons. The highest BCUT2D eigenvalue weighted by Gasteiger charge is 2.34. The molecule has 3 heterocycles. The van der Waals surface area contributed by atoms with Gasteiger partial charge in [-0.25, -0.2) is 9.78 Å². The van der Waals surface area contributed by atoms with E-state index in [-0.39, 0.29) is 23.3 Å². The van der Waals surface area contributed by atoms with Gasteiger partial charge in [0.25, 0.3) is 11.1 Å². The Hall–Kier alpha value is -3.47. The molecular weight excluding hydrogens is 588 g/mol. The molecule has 11 heteroatoms. The van der Waals surface area contributed by atoms with Gasteiger partial charge in [-0.15, -0.1) is 11.3 Å². The first kappa shape index (κ1) is 29.6. The van der Waals surface area contributed by atoms with E-state index in [9.17, 15) is 14.4 Å². The van der Waals surface area contributed by atoms with Gasteiger partial charge in [0, 0.05) is 51.9 Å². The summed E-state index contributed by atoms with van der Waals surface area (Å²) in [7, 11) is 5.13. The number of methoxy groups -OCH3 is 1. The molecule has 0 amide bonds. The molecule has 1 atom stereocenters. The van der Waals surface area contributed by atoms with Crippen molar-refractivity contribution in [2.75, 3.05) is 20.8 Å². The first-order valence-corrected chi connectivity index (χ1v) is 15.7. The van der Waals surface area contributed by atoms with Crippen molar-refractivity contribution in [1.29, 1.82) is 0 Å². The number of ether oxygens (including phenoxy) is 2. The quantitative estimate of drug-likeness (QED) is 0.258. The van der Waals surface area contributed by atoms with Crippen LogP contribution in [0.25, 0.3) is 21.2 Å². The fourth-order valence-electron chi connectivity index (χ4n) is 6.25. The summed E-state index contributed by atoms with van der Waals surface area (Å²) in [5.74, 6) is 0.685. The summed E-state index contributed by atoms with van der Waals surface area (Å²) in [5.41, 5.74) is 3.15. The summed E-state index contributed by atoms with van der Waals surface area (Å²) in [5, 5.41) is 0.815. The van der Waals surface area contributed by atoms with E-state index in [2.05, 4.69) is 11.9 Å². The fourth-order valence-corrected chi connectivity index (χ4v) is 7.58. The lowest BCUT2D eigenvalue weighted by atomic mass is 9.91. The number of benzene rings is 1. The number of nitrogens with zero attached hydrogens (tertiary/aromatic N) is 4. The van der Waals surface area contributed by atoms with Crippen LogP contribution in [0.4, 0.5) is 0 Å². The molecule has 0 N–H and O–H groups in total. The second-order valence-electron chi connectivity index (χ2n) is 11.5. The average Bonchev–Trinajstić information content (AvgIpc) is 3.78. The zero-order valence-corrected chi connectivity index (χ0v) is 26.6. The zero-order valence-electron chi connectivity index (χ0n) is 25.0. The number of rotatable bonds is 8. The van der Waals surface area contributed by atoms with Gasteiger partial charge in [0.15, 0.2) is 0 Å². The number of pyridine rings is 1. The van der Waals surface area contributed by atoms with Crippen molar-refractivity contribution in [3.8, 4) is 16.9 Å². The molecule has 1 saturated carbocycles. The summed E-state index contributed by atoms with van der Waals surface area (Å²) in [6.45, 7) is 4.24. The van der Waals surface area contributed by atoms with E-state index in [1.165, 1.54) is 35.9 Å². The van der Waals surface area contributed by atoms with Crippen LogP contribution in [0.2, 0.25) is 5.02 Å². The number of halogens is 1. The minimum atomic E-state index is -0.550. The first-order chi connectivity index (χ1) is 20.6. The molecule has 226 valence electrons. The zero-order chi connectivity index (χ0) is 30.6. The Balaban J connectivity index is 1.31. The standard InChI is InChI=1S/C32H35ClN4O5S/c1-17-27(32(40)41-5)28-29(43-17)24(16-35(3)31(28)39)22-14-19(33)6-11-26(22)42-13-12-37-18(2)34-25-10-9-21(15-23(25)30(37)38)36(4)20-7-8-20/h6,11,14,16,20-21H,7-10,12-13,15H2,1-5H3. The maximum atomic E-state index is 13.7. The highest BCUT2D eigenvalue weighted by atomic mass is 35.5. The monoisotopic (exact) mass is 622 g/mol. The summed E-state index contributed by atoms with van der Waals surface area (Å²) in [6.07, 6.45) is 6.80. The number of carbonyl (C=O) groups is 1. The third kappa shape index (κ3) is 5.41. The van der Waals surface area contributed by atoms with Gasteiger partial charge in [-0.1, -0.05) is 11.6 Å². The smallest absolute Gasteiger partial charge is 0.339 e. The molecule has 4 aromatic rings. The summed E-state index contributed by atoms with van der Waals surface area (Å²) < 4.78 is 15.1. The highest BCUT2D eigenvalue weighted by Crippen LogP contribution is 2.41. The molecule has 1 fully saturated rings. The van der Waals surface area contributed by atoms with Gasteiger partial charge >= 0.3 is 5.97 Å². The van der Waals surface area contributed by atoms with Crippen molar-refractivity contribution < 1.29 is 14.3 Å². The maximum Gasteiger partial charge on any atom is 0.339 e. The second-order valence-corrected chi connectivity index (χ2v) is 13.2. The number of likely N-dealkylation sites (N-methyl/N-ethyl adjacent to an activating group) is 1. The number of fused-ring (bicyclic) bond motifs is 2. The molecule has 0 spiro atoms. The SMILES string of the molecule is COC(=O)c1c(C)sc2c(-c3cc(Cl)ccc3OCCn3c(C)nc4c(c3=O)CC(N(C)C3CC3)CC4)cn(C)c(=O)c12. The minimum Gasteiger partial charge on any atom is -0.491 e. The molecular formula is C32H35ClN4O5S. The number of aromatic nitrogens is 3. The minimum absolute atomic E-state index is 0.0143. The van der Waals surface area contributed by atoms with Crippen LogP contribution in [0.1, 0.15) is 51.6 Å². The van der Waals surface area contributed by atoms with Gasteiger partial charge in [0.2, 0.25) is 0 Å². The molecule has 1 unspecified atom stereocenters. The van der Waals surface area contributed by atoms with E-state index in [0.717, 1.165) is 30.5 Å². The van der Waals surface area contributed by atoms with Crippen LogP contribution in [0.3, 0.4) is 0 Å². The lowest BCUT2D eigenvalue weighted by Crippen LogP contribution is -2.42. The van der Waals surface area contributed by atoms with Crippen molar-refractivity contribution in [3.63, 3.8) is 0 Å². The Morgan fingerprint density at radius 3 is 2.63 bits per heavy atom. The topological polar surface area (TPSA) is 95.7 Å². The Morgan fingerprint density at radius 1 is 1.14 bits per heavy atom. The Morgan fingerprint density at radius 2 is 1.91 bits per heavy atom. The van der Waals surface area contributed by atoms with Gasteiger partial charge in [0.05, 0.1) is 35.0 Å². The van der Waals surface area contributed by atoms with Gasteiger partial charge < -0.3 is 18.9 Å². The van der Waals surface area contributed by atoms with E-state index >= 15 is 0 Å². The summed E-state index contributed by atoms with van der Waals surface area (Å²) >= 11 is 7.80. The van der Waals surface area contributed by atoms with Crippen molar-refractivity contribution in [3.05, 3.63) is 77.6 Å². The molecule has 0 aliphatic heterocycles. The number of thiophene rings is 1. The number of esters is 1. The van der Waals surface area contributed by atoms with Crippen molar-refractivity contribution in [2.45, 2.75) is 64.6 Å². The average molecular weight is 623 g/mol. The van der Waals surface area contributed by atoms with E-state index in [4.69, 9.17) is 26.1 Å². The van der Waals surface area contributed by atoms with Crippen molar-refractivity contribution in [2.24, 2.45) is 7.05 Å². The third-order valence-electron chi connectivity index (χ3n) is 8.77. The fraction of sp³-hybridized carbons (Fsp3) is 0.438. The van der Waals surface area contributed by atoms with Crippen LogP contribution in [0.5, 0.6) is 5.75 Å². The largest absolute Gasteiger partial charge is 0.491 e. The van der Waals surface area contributed by atoms with E-state index < -0.39 is 5.97 Å². The summed E-state index contributed by atoms with van der Waals surface area (Å²) in [6, 6.07) is 6.34. The molecule has 43 heavy (non-hydrogen) atoms. The molecule has 3 aromatic heterocycles. The highest BCUT2D eigenvalue weighted by molar-refractivity contribution is 7.20. The second kappa shape index (κ2) is 11.6. The van der Waals surface area contributed by atoms with Crippen LogP contribution in [-0.2, 0) is 31.2 Å². The molecule has 6 rings (SSSR count). The Bertz CT molecular complexity index is 1870. The number of aryl methyl sites for hydroxylation is 4. The molecule has 2 aliphatic rings. The van der Waals surface area contributed by atoms with E-state index in [0.29, 0.717) is 61.3 Å². The number of carbonyl (C=O) groups excluding carboxylic acids is 1. The first-order valence-electron chi connectivity index (χ1n) is 14.5. The van der Waals surface area contributed by atoms with Gasteiger partial charge in [-0.05, 0) is 71.2 Å². The van der Waals surface area contributed by atoms with Crippen LogP contribution in [-0.4, -0.2) is 57.8 Å². The van der Waals surface area contributed by atoms with Crippen LogP contribution in [0, 0.1) is 13.8 Å². The molecule has 2 aliphatic carbocycles. The van der Waals surface area contributed by atoms with E-state index in [1.807, 2.05) is 6.92 Å². The van der Waals surface area contributed by atoms with Crippen molar-refractivity contribution >= 4 is 39.0 Å². The Labute approximate surface area is 258 Å². The van der Waals surface area contributed by atoms with Gasteiger partial charge in [-0.2, -0.15) is 0 Å². The Kier molecular flexibility index (Phi) is 7.95. The molecule has 0 saturated heterocycles. The number of hydrogen-bond donors (Lipinski definition) is 0. The van der Waals surface area contributed by atoms with Crippen LogP contribution in [0.15, 0.2) is 34.0 Å². The lowest BCUT2D eigenvalue weighted by molar-refractivity contribution is 0.0602. The van der Waals surface area contributed by atoms with E-state index in [1.54, 1.807) is 42.9 Å². The maximum absolute atomic E-state index is 13.7. The van der Waals surface area contributed by atoms with Gasteiger partial charge in [0.1, 0.15) is 18.2 Å². The predicted molar refractivity (Wildman–Crippen MR) is 169 cm³/mol. The molecule has 1 aromatic carbocycles.